The Morgan fingerprint density at radius 3 is 2.91 bits per heavy atom. The lowest BCUT2D eigenvalue weighted by atomic mass is 10.1. The number of hydrogen-bond donors (Lipinski definition) is 3. The number of aryl methyl sites for hydroxylation is 1. The smallest absolute Gasteiger partial charge is 0.135 e. The lowest BCUT2D eigenvalue weighted by Crippen LogP contribution is -2.24. The fourth-order valence-electron chi connectivity index (χ4n) is 4.44. The largest absolute Gasteiger partial charge is 0.508 e. The lowest BCUT2D eigenvalue weighted by Gasteiger charge is -2.17. The molecule has 4 aromatic rings. The highest BCUT2D eigenvalue weighted by atomic mass is 32.2. The van der Waals surface area contributed by atoms with Gasteiger partial charge in [0.05, 0.1) is 41.3 Å². The third kappa shape index (κ3) is 4.72. The summed E-state index contributed by atoms with van der Waals surface area (Å²) in [5.74, 6) is 0.589. The Morgan fingerprint density at radius 1 is 1.29 bits per heavy atom. The minimum atomic E-state index is 0.185. The maximum Gasteiger partial charge on any atom is 0.135 e. The first-order valence-corrected chi connectivity index (χ1v) is 12.9. The highest BCUT2D eigenvalue weighted by Crippen LogP contribution is 2.34. The number of phenols is 1. The molecule has 0 radical (unpaired) electrons. The number of thioether (sulfide) groups is 1. The van der Waals surface area contributed by atoms with E-state index in [1.807, 2.05) is 17.6 Å². The third-order valence-electron chi connectivity index (χ3n) is 6.29. The summed E-state index contributed by atoms with van der Waals surface area (Å²) in [4.78, 5) is 5.95. The van der Waals surface area contributed by atoms with Crippen LogP contribution < -0.4 is 11.1 Å². The molecule has 180 valence electrons. The highest BCUT2D eigenvalue weighted by molar-refractivity contribution is 7.98. The molecule has 8 heteroatoms. The molecule has 0 spiro atoms. The van der Waals surface area contributed by atoms with Gasteiger partial charge in [0.1, 0.15) is 11.6 Å². The minimum Gasteiger partial charge on any atom is -0.508 e. The molecule has 0 aliphatic carbocycles. The molecule has 35 heavy (non-hydrogen) atoms. The Morgan fingerprint density at radius 2 is 2.14 bits per heavy atom. The number of nitrogens with two attached hydrogens (primary N) is 1. The van der Waals surface area contributed by atoms with Crippen molar-refractivity contribution in [2.24, 2.45) is 10.7 Å². The molecule has 2 aromatic heterocycles. The maximum atomic E-state index is 9.86. The minimum absolute atomic E-state index is 0.185. The fourth-order valence-corrected chi connectivity index (χ4v) is 5.06. The Labute approximate surface area is 209 Å². The van der Waals surface area contributed by atoms with E-state index in [1.165, 1.54) is 10.5 Å². The molecule has 2 aromatic carbocycles. The van der Waals surface area contributed by atoms with Gasteiger partial charge < -0.3 is 20.9 Å². The van der Waals surface area contributed by atoms with Crippen molar-refractivity contribution in [3.63, 3.8) is 0 Å². The van der Waals surface area contributed by atoms with Gasteiger partial charge in [0.25, 0.3) is 0 Å². The molecule has 0 unspecified atom stereocenters. The Hall–Kier alpha value is -3.49. The number of aromatic hydroxyl groups is 1. The van der Waals surface area contributed by atoms with Crippen LogP contribution in [0.15, 0.2) is 70.8 Å². The average molecular weight is 488 g/mol. The zero-order chi connectivity index (χ0) is 24.4. The summed E-state index contributed by atoms with van der Waals surface area (Å²) in [5.41, 5.74) is 13.1. The van der Waals surface area contributed by atoms with Crippen LogP contribution >= 0.6 is 11.8 Å². The molecule has 1 aliphatic heterocycles. The first-order chi connectivity index (χ1) is 17.1. The molecular formula is C27H29N5O2S. The Kier molecular flexibility index (Phi) is 6.66. The van der Waals surface area contributed by atoms with Crippen molar-refractivity contribution < 1.29 is 9.84 Å². The number of amidine groups is 1. The van der Waals surface area contributed by atoms with Crippen molar-refractivity contribution >= 4 is 34.5 Å². The quantitative estimate of drug-likeness (QED) is 0.188. The molecule has 5 rings (SSSR count). The van der Waals surface area contributed by atoms with E-state index < -0.39 is 0 Å². The second kappa shape index (κ2) is 10.0. The normalized spacial score (nSPS) is 16.2. The number of ether oxygens (including phenoxy) is 1. The number of benzene rings is 2. The number of aliphatic imine (C=N–C) groups is 1. The molecule has 1 saturated heterocycles. The molecule has 3 heterocycles. The van der Waals surface area contributed by atoms with E-state index in [1.54, 1.807) is 36.2 Å². The van der Waals surface area contributed by atoms with Crippen LogP contribution in [0, 0.1) is 0 Å². The van der Waals surface area contributed by atoms with Crippen LogP contribution in [0.4, 0.5) is 11.4 Å². The van der Waals surface area contributed by atoms with Crippen molar-refractivity contribution in [2.45, 2.75) is 30.7 Å². The van der Waals surface area contributed by atoms with Gasteiger partial charge in [-0.25, -0.2) is 9.51 Å². The van der Waals surface area contributed by atoms with Crippen LogP contribution in [0.2, 0.25) is 0 Å². The van der Waals surface area contributed by atoms with E-state index in [0.29, 0.717) is 12.4 Å². The molecule has 4 N–H and O–H groups in total. The molecule has 7 nitrogen and oxygen atoms in total. The SMILES string of the molecule is CCc1cc(O)ccc1N=C(N)c1cnn2cc(-c3ccccc3SC)cc2c1N[C@H]1CCOC1. The van der Waals surface area contributed by atoms with Crippen LogP contribution in [-0.4, -0.2) is 46.1 Å². The third-order valence-corrected chi connectivity index (χ3v) is 7.09. The number of fused-ring (bicyclic) bond motifs is 1. The van der Waals surface area contributed by atoms with Gasteiger partial charge >= 0.3 is 0 Å². The summed E-state index contributed by atoms with van der Waals surface area (Å²) in [6.45, 7) is 3.41. The first-order valence-electron chi connectivity index (χ1n) is 11.7. The molecular weight excluding hydrogens is 458 g/mol. The summed E-state index contributed by atoms with van der Waals surface area (Å²) in [6, 6.07) is 15.9. The van der Waals surface area contributed by atoms with Gasteiger partial charge in [0, 0.05) is 23.3 Å². The van der Waals surface area contributed by atoms with Gasteiger partial charge in [0.15, 0.2) is 0 Å². The highest BCUT2D eigenvalue weighted by Gasteiger charge is 2.21. The Balaban J connectivity index is 1.64. The van der Waals surface area contributed by atoms with Crippen molar-refractivity contribution in [1.82, 2.24) is 9.61 Å². The molecule has 0 saturated carbocycles. The zero-order valence-electron chi connectivity index (χ0n) is 19.9. The van der Waals surface area contributed by atoms with E-state index in [0.717, 1.165) is 53.0 Å². The van der Waals surface area contributed by atoms with E-state index in [4.69, 9.17) is 15.5 Å². The van der Waals surface area contributed by atoms with E-state index in [-0.39, 0.29) is 11.8 Å². The van der Waals surface area contributed by atoms with Gasteiger partial charge in [-0.15, -0.1) is 11.8 Å². The number of rotatable bonds is 7. The predicted octanol–water partition coefficient (Wildman–Crippen LogP) is 5.23. The second-order valence-electron chi connectivity index (χ2n) is 8.56. The van der Waals surface area contributed by atoms with Crippen molar-refractivity contribution in [3.8, 4) is 16.9 Å². The van der Waals surface area contributed by atoms with Gasteiger partial charge in [-0.1, -0.05) is 25.1 Å². The summed E-state index contributed by atoms with van der Waals surface area (Å²) in [6.07, 6.45) is 7.56. The van der Waals surface area contributed by atoms with Crippen LogP contribution in [0.3, 0.4) is 0 Å². The summed E-state index contributed by atoms with van der Waals surface area (Å²) in [7, 11) is 0. The maximum absolute atomic E-state index is 9.86. The van der Waals surface area contributed by atoms with Crippen LogP contribution in [0.25, 0.3) is 16.6 Å². The zero-order valence-corrected chi connectivity index (χ0v) is 20.7. The van der Waals surface area contributed by atoms with Gasteiger partial charge in [-0.3, -0.25) is 0 Å². The summed E-state index contributed by atoms with van der Waals surface area (Å²) < 4.78 is 7.50. The average Bonchev–Trinajstić information content (AvgIpc) is 3.55. The number of nitrogens with zero attached hydrogens (tertiary/aromatic N) is 3. The molecule has 0 amide bonds. The first kappa shape index (κ1) is 23.3. The van der Waals surface area contributed by atoms with Crippen molar-refractivity contribution in [1.29, 1.82) is 0 Å². The predicted molar refractivity (Wildman–Crippen MR) is 143 cm³/mol. The number of nitrogens with one attached hydrogen (secondary N) is 1. The van der Waals surface area contributed by atoms with Crippen LogP contribution in [0.5, 0.6) is 5.75 Å². The number of aromatic nitrogens is 2. The van der Waals surface area contributed by atoms with Gasteiger partial charge in [-0.05, 0) is 60.6 Å². The van der Waals surface area contributed by atoms with Crippen molar-refractivity contribution in [2.75, 3.05) is 24.8 Å². The number of phenolic OH excluding ortho intramolecular Hbond substituents is 1. The molecule has 1 atom stereocenters. The van der Waals surface area contributed by atoms with Crippen molar-refractivity contribution in [3.05, 3.63) is 72.1 Å². The molecule has 0 bridgehead atoms. The fraction of sp³-hybridized carbons (Fsp3) is 0.259. The topological polar surface area (TPSA) is 97.2 Å². The Bertz CT molecular complexity index is 1390. The van der Waals surface area contributed by atoms with Gasteiger partial charge in [0.2, 0.25) is 0 Å². The lowest BCUT2D eigenvalue weighted by molar-refractivity contribution is 0.195. The molecule has 1 aliphatic rings. The van der Waals surface area contributed by atoms with Gasteiger partial charge in [-0.2, -0.15) is 5.10 Å². The van der Waals surface area contributed by atoms with E-state index in [9.17, 15) is 5.11 Å². The number of anilines is 1. The number of hydrogen-bond acceptors (Lipinski definition) is 6. The van der Waals surface area contributed by atoms with E-state index in [2.05, 4.69) is 47.0 Å². The summed E-state index contributed by atoms with van der Waals surface area (Å²) >= 11 is 1.73. The van der Waals surface area contributed by atoms with Crippen LogP contribution in [-0.2, 0) is 11.2 Å². The van der Waals surface area contributed by atoms with E-state index >= 15 is 0 Å². The van der Waals surface area contributed by atoms with Crippen LogP contribution in [0.1, 0.15) is 24.5 Å². The standard InChI is InChI=1S/C27H29N5O2S/c1-3-17-12-20(33)8-9-23(17)31-27(28)22-14-29-32-15-18(21-6-4-5-7-25(21)35-2)13-24(32)26(22)30-19-10-11-34-16-19/h4-9,12-15,19,30,33H,3,10-11,16H2,1-2H3,(H2,28,31)/t19-/m0/s1. The second-order valence-corrected chi connectivity index (χ2v) is 9.41. The summed E-state index contributed by atoms with van der Waals surface area (Å²) in [5, 5.41) is 18.2. The molecule has 1 fully saturated rings. The monoisotopic (exact) mass is 487 g/mol.